The van der Waals surface area contributed by atoms with E-state index in [2.05, 4.69) is 9.88 Å². The van der Waals surface area contributed by atoms with Gasteiger partial charge in [0.25, 0.3) is 0 Å². The highest BCUT2D eigenvalue weighted by Crippen LogP contribution is 2.26. The van der Waals surface area contributed by atoms with Crippen molar-refractivity contribution < 1.29 is 14.3 Å². The van der Waals surface area contributed by atoms with Crippen LogP contribution in [0.15, 0.2) is 71.7 Å². The molecule has 0 bridgehead atoms. The minimum Gasteiger partial charge on any atom is -0.477 e. The lowest BCUT2D eigenvalue weighted by Crippen LogP contribution is -2.47. The normalized spacial score (nSPS) is 13.9. The monoisotopic (exact) mass is 501 g/mol. The van der Waals surface area contributed by atoms with Gasteiger partial charge in [-0.2, -0.15) is 0 Å². The van der Waals surface area contributed by atoms with E-state index in [0.717, 1.165) is 23.9 Å². The topological polar surface area (TPSA) is 81.9 Å². The number of halogens is 1. The number of rotatable bonds is 6. The zero-order valence-corrected chi connectivity index (χ0v) is 20.8. The Kier molecular flexibility index (Phi) is 6.62. The highest BCUT2D eigenvalue weighted by molar-refractivity contribution is 5.92. The van der Waals surface area contributed by atoms with Crippen LogP contribution in [-0.4, -0.2) is 65.8 Å². The minimum absolute atomic E-state index is 0.0681. The second-order valence-electron chi connectivity index (χ2n) is 9.43. The van der Waals surface area contributed by atoms with Crippen LogP contribution in [0, 0.1) is 5.82 Å². The van der Waals surface area contributed by atoms with Gasteiger partial charge in [-0.05, 0) is 50.0 Å². The summed E-state index contributed by atoms with van der Waals surface area (Å²) in [6, 6.07) is 18.7. The van der Waals surface area contributed by atoms with Crippen molar-refractivity contribution in [2.24, 2.45) is 0 Å². The van der Waals surface area contributed by atoms with Crippen LogP contribution >= 0.6 is 0 Å². The van der Waals surface area contributed by atoms with Crippen LogP contribution in [0.25, 0.3) is 16.7 Å². The maximum absolute atomic E-state index is 15.3. The number of carbonyl (C=O) groups is 1. The van der Waals surface area contributed by atoms with Crippen molar-refractivity contribution in [2.75, 3.05) is 50.1 Å². The molecule has 9 heteroatoms. The first-order chi connectivity index (χ1) is 17.8. The standard InChI is InChI=1S/C28H28FN5O3/c1-31(2)17-19-8-10-21(11-9-19)34-18-23(28(36)37)25(35)22-16-24(29)27(30-26(22)34)33-14-12-32(13-15-33)20-6-4-3-5-7-20/h3-11,16,18H,12-15,17H2,1-2H3,(H,36,37). The average Bonchev–Trinajstić information content (AvgIpc) is 2.90. The Morgan fingerprint density at radius 1 is 0.973 bits per heavy atom. The quantitative estimate of drug-likeness (QED) is 0.432. The fraction of sp³-hybridized carbons (Fsp3) is 0.250. The van der Waals surface area contributed by atoms with Gasteiger partial charge in [0.15, 0.2) is 17.3 Å². The summed E-state index contributed by atoms with van der Waals surface area (Å²) >= 11 is 0. The van der Waals surface area contributed by atoms with Crippen LogP contribution in [0.2, 0.25) is 0 Å². The second-order valence-corrected chi connectivity index (χ2v) is 9.43. The van der Waals surface area contributed by atoms with Crippen molar-refractivity contribution in [2.45, 2.75) is 6.54 Å². The lowest BCUT2D eigenvalue weighted by atomic mass is 10.1. The number of pyridine rings is 2. The molecule has 0 spiro atoms. The van der Waals surface area contributed by atoms with E-state index in [1.807, 2.05) is 78.5 Å². The average molecular weight is 502 g/mol. The highest BCUT2D eigenvalue weighted by Gasteiger charge is 2.24. The third kappa shape index (κ3) is 4.90. The van der Waals surface area contributed by atoms with Gasteiger partial charge in [-0.1, -0.05) is 30.3 Å². The van der Waals surface area contributed by atoms with Crippen LogP contribution in [0.3, 0.4) is 0 Å². The molecule has 1 saturated heterocycles. The molecule has 0 atom stereocenters. The van der Waals surface area contributed by atoms with Gasteiger partial charge in [-0.15, -0.1) is 0 Å². The summed E-state index contributed by atoms with van der Waals surface area (Å²) in [5.41, 5.74) is 1.85. The number of para-hydroxylation sites is 1. The van der Waals surface area contributed by atoms with E-state index < -0.39 is 22.8 Å². The van der Waals surface area contributed by atoms with Crippen LogP contribution in [0.5, 0.6) is 0 Å². The molecule has 190 valence electrons. The summed E-state index contributed by atoms with van der Waals surface area (Å²) in [6.45, 7) is 3.25. The number of fused-ring (bicyclic) bond motifs is 1. The van der Waals surface area contributed by atoms with Crippen LogP contribution in [0.4, 0.5) is 15.9 Å². The summed E-state index contributed by atoms with van der Waals surface area (Å²) in [4.78, 5) is 35.5. The van der Waals surface area contributed by atoms with Crippen molar-refractivity contribution in [1.82, 2.24) is 14.5 Å². The number of carboxylic acid groups (broad SMARTS) is 1. The molecule has 0 amide bonds. The molecule has 1 N–H and O–H groups in total. The molecule has 2 aromatic heterocycles. The maximum Gasteiger partial charge on any atom is 0.341 e. The van der Waals surface area contributed by atoms with Crippen LogP contribution in [0.1, 0.15) is 15.9 Å². The van der Waals surface area contributed by atoms with Gasteiger partial charge in [0.05, 0.1) is 5.39 Å². The molecule has 37 heavy (non-hydrogen) atoms. The van der Waals surface area contributed by atoms with Crippen molar-refractivity contribution in [1.29, 1.82) is 0 Å². The SMILES string of the molecule is CN(C)Cc1ccc(-n2cc(C(=O)O)c(=O)c3cc(F)c(N4CCN(c5ccccc5)CC4)nc32)cc1. The van der Waals surface area contributed by atoms with E-state index in [1.165, 1.54) is 6.20 Å². The Morgan fingerprint density at radius 3 is 2.24 bits per heavy atom. The molecular weight excluding hydrogens is 473 g/mol. The number of hydrogen-bond donors (Lipinski definition) is 1. The lowest BCUT2D eigenvalue weighted by Gasteiger charge is -2.36. The number of benzene rings is 2. The van der Waals surface area contributed by atoms with Gasteiger partial charge < -0.3 is 24.4 Å². The smallest absolute Gasteiger partial charge is 0.341 e. The van der Waals surface area contributed by atoms with Gasteiger partial charge in [0.2, 0.25) is 5.43 Å². The fourth-order valence-electron chi connectivity index (χ4n) is 4.73. The van der Waals surface area contributed by atoms with Crippen LogP contribution < -0.4 is 15.2 Å². The van der Waals surface area contributed by atoms with Gasteiger partial charge >= 0.3 is 5.97 Å². The van der Waals surface area contributed by atoms with Gasteiger partial charge in [-0.25, -0.2) is 14.2 Å². The number of anilines is 2. The van der Waals surface area contributed by atoms with Gasteiger partial charge in [0.1, 0.15) is 5.56 Å². The first-order valence-corrected chi connectivity index (χ1v) is 12.1. The Morgan fingerprint density at radius 2 is 1.62 bits per heavy atom. The molecule has 1 aliphatic rings. The molecule has 1 fully saturated rings. The number of aromatic carboxylic acids is 1. The van der Waals surface area contributed by atoms with Crippen LogP contribution in [-0.2, 0) is 6.54 Å². The summed E-state index contributed by atoms with van der Waals surface area (Å²) in [6.07, 6.45) is 1.27. The Bertz CT molecular complexity index is 1490. The van der Waals surface area contributed by atoms with E-state index in [-0.39, 0.29) is 16.9 Å². The Hall–Kier alpha value is -4.24. The predicted octanol–water partition coefficient (Wildman–Crippen LogP) is 3.61. The maximum atomic E-state index is 15.3. The van der Waals surface area contributed by atoms with Crippen molar-refractivity contribution in [3.63, 3.8) is 0 Å². The molecular formula is C28H28FN5O3. The fourth-order valence-corrected chi connectivity index (χ4v) is 4.73. The number of carboxylic acids is 1. The lowest BCUT2D eigenvalue weighted by molar-refractivity contribution is 0.0695. The van der Waals surface area contributed by atoms with Gasteiger partial charge in [-0.3, -0.25) is 4.79 Å². The van der Waals surface area contributed by atoms with E-state index in [0.29, 0.717) is 31.9 Å². The van der Waals surface area contributed by atoms with E-state index in [9.17, 15) is 14.7 Å². The van der Waals surface area contributed by atoms with Crippen molar-refractivity contribution in [3.05, 3.63) is 94.0 Å². The Balaban J connectivity index is 1.55. The first kappa shape index (κ1) is 24.5. The number of nitrogens with zero attached hydrogens (tertiary/aromatic N) is 5. The highest BCUT2D eigenvalue weighted by atomic mass is 19.1. The van der Waals surface area contributed by atoms with E-state index >= 15 is 4.39 Å². The van der Waals surface area contributed by atoms with Crippen molar-refractivity contribution in [3.8, 4) is 5.69 Å². The molecule has 1 aliphatic heterocycles. The Labute approximate surface area is 213 Å². The molecule has 0 saturated carbocycles. The largest absolute Gasteiger partial charge is 0.477 e. The zero-order valence-electron chi connectivity index (χ0n) is 20.8. The number of aromatic nitrogens is 2. The second kappa shape index (κ2) is 10.0. The molecule has 0 unspecified atom stereocenters. The molecule has 3 heterocycles. The number of piperazine rings is 1. The molecule has 5 rings (SSSR count). The molecule has 8 nitrogen and oxygen atoms in total. The summed E-state index contributed by atoms with van der Waals surface area (Å²) in [5, 5.41) is 9.57. The summed E-state index contributed by atoms with van der Waals surface area (Å²) < 4.78 is 16.9. The molecule has 0 radical (unpaired) electrons. The summed E-state index contributed by atoms with van der Waals surface area (Å²) in [7, 11) is 3.95. The minimum atomic E-state index is -1.37. The predicted molar refractivity (Wildman–Crippen MR) is 143 cm³/mol. The van der Waals surface area contributed by atoms with Crippen molar-refractivity contribution >= 4 is 28.5 Å². The van der Waals surface area contributed by atoms with E-state index in [4.69, 9.17) is 0 Å². The molecule has 0 aliphatic carbocycles. The molecule has 2 aromatic carbocycles. The first-order valence-electron chi connectivity index (χ1n) is 12.1. The van der Waals surface area contributed by atoms with E-state index in [1.54, 1.807) is 4.57 Å². The third-order valence-corrected chi connectivity index (χ3v) is 6.56. The van der Waals surface area contributed by atoms with Gasteiger partial charge in [0, 0.05) is 50.3 Å². The number of hydrogen-bond acceptors (Lipinski definition) is 6. The zero-order chi connectivity index (χ0) is 26.1. The summed E-state index contributed by atoms with van der Waals surface area (Å²) in [5.74, 6) is -1.86. The third-order valence-electron chi connectivity index (χ3n) is 6.56. The molecule has 4 aromatic rings.